The van der Waals surface area contributed by atoms with Crippen LogP contribution in [-0.2, 0) is 6.42 Å². The van der Waals surface area contributed by atoms with Crippen molar-refractivity contribution in [2.24, 2.45) is 0 Å². The lowest BCUT2D eigenvalue weighted by Crippen LogP contribution is -2.22. The molecule has 0 amide bonds. The lowest BCUT2D eigenvalue weighted by atomic mass is 9.82. The molecule has 6 heteroatoms. The summed E-state index contributed by atoms with van der Waals surface area (Å²) in [6.07, 6.45) is 2.81. The van der Waals surface area contributed by atoms with Crippen LogP contribution in [0.25, 0.3) is 5.78 Å². The van der Waals surface area contributed by atoms with Crippen molar-refractivity contribution in [3.8, 4) is 0 Å². The van der Waals surface area contributed by atoms with Crippen molar-refractivity contribution in [3.05, 3.63) is 53.3 Å². The smallest absolute Gasteiger partial charge is 0.254 e. The molecular weight excluding hydrogens is 266 g/mol. The standard InChI is InChI=1S/C15H13N5O/c16-14-18-15-17-8-11-12(20(15)19-14)6-10(7-13(11)21)9-4-2-1-3-5-9/h1-5,8,10H,6-7H2,(H2,16,19)/t10-/m0/s1. The summed E-state index contributed by atoms with van der Waals surface area (Å²) in [5.41, 5.74) is 8.26. The maximum Gasteiger partial charge on any atom is 0.254 e. The highest BCUT2D eigenvalue weighted by atomic mass is 16.1. The first-order valence-corrected chi connectivity index (χ1v) is 6.80. The average molecular weight is 279 g/mol. The zero-order chi connectivity index (χ0) is 14.4. The molecule has 21 heavy (non-hydrogen) atoms. The molecule has 0 bridgehead atoms. The third kappa shape index (κ3) is 1.87. The summed E-state index contributed by atoms with van der Waals surface area (Å²) in [5, 5.41) is 4.16. The van der Waals surface area contributed by atoms with Crippen LogP contribution in [-0.4, -0.2) is 25.4 Å². The molecule has 2 aromatic heterocycles. The molecule has 0 spiro atoms. The number of benzene rings is 1. The Hall–Kier alpha value is -2.76. The second-order valence-corrected chi connectivity index (χ2v) is 5.24. The largest absolute Gasteiger partial charge is 0.366 e. The lowest BCUT2D eigenvalue weighted by molar-refractivity contribution is 0.0962. The molecule has 1 aliphatic carbocycles. The Balaban J connectivity index is 1.86. The van der Waals surface area contributed by atoms with E-state index < -0.39 is 0 Å². The van der Waals surface area contributed by atoms with E-state index in [1.807, 2.05) is 18.2 Å². The maximum absolute atomic E-state index is 12.4. The van der Waals surface area contributed by atoms with Gasteiger partial charge in [-0.05, 0) is 17.9 Å². The van der Waals surface area contributed by atoms with Gasteiger partial charge in [0.05, 0.1) is 11.3 Å². The van der Waals surface area contributed by atoms with Crippen molar-refractivity contribution in [2.45, 2.75) is 18.8 Å². The first-order chi connectivity index (χ1) is 10.2. The Kier molecular flexibility index (Phi) is 2.50. The van der Waals surface area contributed by atoms with Crippen LogP contribution in [0.1, 0.15) is 34.0 Å². The molecule has 1 aliphatic rings. The molecule has 0 aliphatic heterocycles. The van der Waals surface area contributed by atoms with Crippen LogP contribution in [0.3, 0.4) is 0 Å². The second-order valence-electron chi connectivity index (χ2n) is 5.24. The number of hydrogen-bond acceptors (Lipinski definition) is 5. The van der Waals surface area contributed by atoms with Gasteiger partial charge < -0.3 is 5.73 Å². The molecule has 6 nitrogen and oxygen atoms in total. The molecule has 1 aromatic carbocycles. The molecule has 1 atom stereocenters. The molecule has 0 radical (unpaired) electrons. The number of aromatic nitrogens is 4. The van der Waals surface area contributed by atoms with Crippen molar-refractivity contribution in [3.63, 3.8) is 0 Å². The van der Waals surface area contributed by atoms with E-state index in [0.29, 0.717) is 17.8 Å². The number of carbonyl (C=O) groups excluding carboxylic acids is 1. The summed E-state index contributed by atoms with van der Waals surface area (Å²) in [4.78, 5) is 20.6. The maximum atomic E-state index is 12.4. The minimum atomic E-state index is 0.0913. The topological polar surface area (TPSA) is 86.2 Å². The molecule has 0 saturated heterocycles. The molecule has 104 valence electrons. The molecule has 3 aromatic rings. The van der Waals surface area contributed by atoms with E-state index in [-0.39, 0.29) is 17.6 Å². The molecule has 4 rings (SSSR count). The van der Waals surface area contributed by atoms with E-state index in [1.165, 1.54) is 0 Å². The number of nitrogens with zero attached hydrogens (tertiary/aromatic N) is 4. The summed E-state index contributed by atoms with van der Waals surface area (Å²) in [6, 6.07) is 10.1. The molecular formula is C15H13N5O. The predicted molar refractivity (Wildman–Crippen MR) is 77.0 cm³/mol. The van der Waals surface area contributed by atoms with Gasteiger partial charge in [-0.25, -0.2) is 4.98 Å². The predicted octanol–water partition coefficient (Wildman–Crippen LogP) is 1.62. The Morgan fingerprint density at radius 1 is 1.19 bits per heavy atom. The summed E-state index contributed by atoms with van der Waals surface area (Å²) in [5.74, 6) is 0.855. The number of carbonyl (C=O) groups is 1. The number of nitrogen functional groups attached to an aromatic ring is 1. The van der Waals surface area contributed by atoms with E-state index in [9.17, 15) is 4.79 Å². The number of rotatable bonds is 1. The third-order valence-corrected chi connectivity index (χ3v) is 3.93. The van der Waals surface area contributed by atoms with Crippen molar-refractivity contribution in [1.82, 2.24) is 19.6 Å². The van der Waals surface area contributed by atoms with Gasteiger partial charge in [0.15, 0.2) is 5.78 Å². The number of anilines is 1. The monoisotopic (exact) mass is 279 g/mol. The summed E-state index contributed by atoms with van der Waals surface area (Å²) < 4.78 is 1.59. The number of hydrogen-bond donors (Lipinski definition) is 1. The Bertz CT molecular complexity index is 840. The zero-order valence-electron chi connectivity index (χ0n) is 11.2. The van der Waals surface area contributed by atoms with E-state index in [2.05, 4.69) is 27.2 Å². The number of Topliss-reactive ketones (excluding diaryl/α,β-unsaturated/α-hetero) is 1. The van der Waals surface area contributed by atoms with E-state index >= 15 is 0 Å². The number of fused-ring (bicyclic) bond motifs is 3. The first kappa shape index (κ1) is 12.0. The molecule has 2 heterocycles. The van der Waals surface area contributed by atoms with Crippen molar-refractivity contribution in [2.75, 3.05) is 5.73 Å². The van der Waals surface area contributed by atoms with Crippen LogP contribution < -0.4 is 5.73 Å². The first-order valence-electron chi connectivity index (χ1n) is 6.80. The van der Waals surface area contributed by atoms with Crippen LogP contribution >= 0.6 is 0 Å². The summed E-state index contributed by atoms with van der Waals surface area (Å²) in [6.45, 7) is 0. The van der Waals surface area contributed by atoms with Gasteiger partial charge >= 0.3 is 0 Å². The molecule has 2 N–H and O–H groups in total. The van der Waals surface area contributed by atoms with Gasteiger partial charge in [-0.3, -0.25) is 4.79 Å². The third-order valence-electron chi connectivity index (χ3n) is 3.93. The highest BCUT2D eigenvalue weighted by Gasteiger charge is 2.29. The van der Waals surface area contributed by atoms with Crippen molar-refractivity contribution in [1.29, 1.82) is 0 Å². The lowest BCUT2D eigenvalue weighted by Gasteiger charge is -2.23. The quantitative estimate of drug-likeness (QED) is 0.731. The van der Waals surface area contributed by atoms with Crippen LogP contribution in [0, 0.1) is 0 Å². The van der Waals surface area contributed by atoms with Gasteiger partial charge in [0, 0.05) is 12.6 Å². The van der Waals surface area contributed by atoms with Gasteiger partial charge in [-0.1, -0.05) is 30.3 Å². The fourth-order valence-electron chi connectivity index (χ4n) is 2.92. The van der Waals surface area contributed by atoms with Crippen LogP contribution in [0.15, 0.2) is 36.5 Å². The normalized spacial score (nSPS) is 17.9. The Morgan fingerprint density at radius 3 is 2.81 bits per heavy atom. The van der Waals surface area contributed by atoms with E-state index in [0.717, 1.165) is 17.7 Å². The van der Waals surface area contributed by atoms with Crippen LogP contribution in [0.4, 0.5) is 5.95 Å². The van der Waals surface area contributed by atoms with Gasteiger partial charge in [-0.2, -0.15) is 9.50 Å². The fraction of sp³-hybridized carbons (Fsp3) is 0.200. The number of ketones is 1. The Labute approximate surface area is 120 Å². The van der Waals surface area contributed by atoms with Gasteiger partial charge in [0.1, 0.15) is 0 Å². The molecule has 0 fully saturated rings. The van der Waals surface area contributed by atoms with E-state index in [1.54, 1.807) is 10.7 Å². The highest BCUT2D eigenvalue weighted by Crippen LogP contribution is 2.32. The summed E-state index contributed by atoms with van der Waals surface area (Å²) in [7, 11) is 0. The second kappa shape index (κ2) is 4.37. The Morgan fingerprint density at radius 2 is 2.00 bits per heavy atom. The number of nitrogens with two attached hydrogens (primary N) is 1. The van der Waals surface area contributed by atoms with Gasteiger partial charge in [-0.15, -0.1) is 5.10 Å². The van der Waals surface area contributed by atoms with Crippen LogP contribution in [0.5, 0.6) is 0 Å². The molecule has 0 saturated carbocycles. The molecule has 0 unspecified atom stereocenters. The minimum absolute atomic E-state index is 0.0913. The zero-order valence-corrected chi connectivity index (χ0v) is 11.2. The van der Waals surface area contributed by atoms with Gasteiger partial charge in [0.2, 0.25) is 5.95 Å². The van der Waals surface area contributed by atoms with Crippen LogP contribution in [0.2, 0.25) is 0 Å². The highest BCUT2D eigenvalue weighted by molar-refractivity contribution is 5.98. The summed E-state index contributed by atoms with van der Waals surface area (Å²) >= 11 is 0. The van der Waals surface area contributed by atoms with E-state index in [4.69, 9.17) is 5.73 Å². The van der Waals surface area contributed by atoms with Crippen molar-refractivity contribution < 1.29 is 4.79 Å². The fourth-order valence-corrected chi connectivity index (χ4v) is 2.92. The van der Waals surface area contributed by atoms with Crippen molar-refractivity contribution >= 4 is 17.5 Å². The SMILES string of the molecule is Nc1nc2ncc3c(n2n1)C[C@H](c1ccccc1)CC3=O. The van der Waals surface area contributed by atoms with Gasteiger partial charge in [0.25, 0.3) is 5.78 Å². The average Bonchev–Trinajstić information content (AvgIpc) is 2.89. The minimum Gasteiger partial charge on any atom is -0.366 e.